The summed E-state index contributed by atoms with van der Waals surface area (Å²) in [6, 6.07) is 12.0. The molecular formula is C20H19Cl2FN4O. The molecule has 0 spiro atoms. The van der Waals surface area contributed by atoms with Gasteiger partial charge < -0.3 is 10.4 Å². The van der Waals surface area contributed by atoms with Crippen molar-refractivity contribution >= 4 is 29.7 Å². The predicted molar refractivity (Wildman–Crippen MR) is 110 cm³/mol. The molecule has 0 saturated carbocycles. The van der Waals surface area contributed by atoms with Gasteiger partial charge in [-0.3, -0.25) is 9.56 Å². The van der Waals surface area contributed by atoms with E-state index in [0.29, 0.717) is 34.4 Å². The van der Waals surface area contributed by atoms with Gasteiger partial charge in [0.15, 0.2) is 0 Å². The van der Waals surface area contributed by atoms with E-state index in [0.717, 1.165) is 16.9 Å². The first-order valence-electron chi connectivity index (χ1n) is 8.58. The number of hydrogen-bond acceptors (Lipinski definition) is 4. The average molecular weight is 421 g/mol. The Bertz CT molecular complexity index is 1050. The SMILES string of the molecule is CNCc1c(CO)nc2n1-c1ccc(Cl)cc1C(c1ccccc1F)=NC2.Cl. The lowest BCUT2D eigenvalue weighted by Crippen LogP contribution is -2.15. The van der Waals surface area contributed by atoms with Crippen LogP contribution in [0.3, 0.4) is 0 Å². The van der Waals surface area contributed by atoms with E-state index in [1.54, 1.807) is 30.3 Å². The standard InChI is InChI=1S/C20H18ClFN4O.ClH/c1-23-9-18-16(11-27)25-19-10-24-20(13-4-2-3-5-15(13)22)14-8-12(21)6-7-17(14)26(18)19;/h2-8,23,27H,9-11H2,1H3;1H. The molecule has 8 heteroatoms. The van der Waals surface area contributed by atoms with Gasteiger partial charge in [-0.1, -0.05) is 23.7 Å². The molecule has 5 nitrogen and oxygen atoms in total. The Kier molecular flexibility index (Phi) is 6.15. The molecule has 2 heterocycles. The van der Waals surface area contributed by atoms with Gasteiger partial charge in [0.05, 0.1) is 35.9 Å². The molecule has 0 bridgehead atoms. The summed E-state index contributed by atoms with van der Waals surface area (Å²) in [5.41, 5.74) is 3.95. The normalized spacial score (nSPS) is 12.5. The Morgan fingerprint density at radius 3 is 2.71 bits per heavy atom. The van der Waals surface area contributed by atoms with Crippen LogP contribution in [0, 0.1) is 5.82 Å². The third-order valence-corrected chi connectivity index (χ3v) is 4.82. The smallest absolute Gasteiger partial charge is 0.135 e. The van der Waals surface area contributed by atoms with Gasteiger partial charge >= 0.3 is 0 Å². The second-order valence-corrected chi connectivity index (χ2v) is 6.69. The van der Waals surface area contributed by atoms with Crippen LogP contribution in [0.15, 0.2) is 47.5 Å². The topological polar surface area (TPSA) is 62.4 Å². The summed E-state index contributed by atoms with van der Waals surface area (Å²) in [7, 11) is 1.84. The van der Waals surface area contributed by atoms with E-state index in [4.69, 9.17) is 11.6 Å². The van der Waals surface area contributed by atoms with Crippen molar-refractivity contribution in [1.82, 2.24) is 14.9 Å². The van der Waals surface area contributed by atoms with Gasteiger partial charge in [-0.2, -0.15) is 0 Å². The maximum atomic E-state index is 14.5. The number of halogens is 3. The highest BCUT2D eigenvalue weighted by molar-refractivity contribution is 6.31. The minimum absolute atomic E-state index is 0. The van der Waals surface area contributed by atoms with Crippen LogP contribution < -0.4 is 5.32 Å². The molecule has 4 rings (SSSR count). The number of aromatic nitrogens is 2. The fourth-order valence-electron chi connectivity index (χ4n) is 3.43. The van der Waals surface area contributed by atoms with Crippen LogP contribution in [-0.2, 0) is 19.7 Å². The van der Waals surface area contributed by atoms with Gasteiger partial charge in [-0.15, -0.1) is 12.4 Å². The highest BCUT2D eigenvalue weighted by Gasteiger charge is 2.25. The van der Waals surface area contributed by atoms with Crippen molar-refractivity contribution in [2.24, 2.45) is 4.99 Å². The summed E-state index contributed by atoms with van der Waals surface area (Å²) in [5, 5.41) is 13.4. The largest absolute Gasteiger partial charge is 0.390 e. The van der Waals surface area contributed by atoms with Crippen molar-refractivity contribution in [2.75, 3.05) is 7.05 Å². The van der Waals surface area contributed by atoms with E-state index >= 15 is 0 Å². The zero-order valence-electron chi connectivity index (χ0n) is 15.1. The quantitative estimate of drug-likeness (QED) is 0.676. The zero-order chi connectivity index (χ0) is 19.0. The zero-order valence-corrected chi connectivity index (χ0v) is 16.7. The minimum Gasteiger partial charge on any atom is -0.390 e. The van der Waals surface area contributed by atoms with Gasteiger partial charge in [-0.05, 0) is 37.4 Å². The van der Waals surface area contributed by atoms with E-state index in [1.165, 1.54) is 6.07 Å². The number of aliphatic hydroxyl groups excluding tert-OH is 1. The Morgan fingerprint density at radius 1 is 1.21 bits per heavy atom. The molecule has 2 aromatic carbocycles. The molecule has 0 unspecified atom stereocenters. The summed E-state index contributed by atoms with van der Waals surface area (Å²) in [6.45, 7) is 0.635. The Hall–Kier alpha value is -2.25. The van der Waals surface area contributed by atoms with Crippen molar-refractivity contribution in [2.45, 2.75) is 19.7 Å². The van der Waals surface area contributed by atoms with Crippen LogP contribution >= 0.6 is 24.0 Å². The van der Waals surface area contributed by atoms with Crippen molar-refractivity contribution < 1.29 is 9.50 Å². The van der Waals surface area contributed by atoms with Crippen molar-refractivity contribution in [3.8, 4) is 5.69 Å². The molecule has 0 fully saturated rings. The number of rotatable bonds is 4. The monoisotopic (exact) mass is 420 g/mol. The average Bonchev–Trinajstić information content (AvgIpc) is 2.93. The molecule has 1 aromatic heterocycles. The van der Waals surface area contributed by atoms with E-state index in [-0.39, 0.29) is 31.4 Å². The van der Waals surface area contributed by atoms with E-state index < -0.39 is 0 Å². The summed E-state index contributed by atoms with van der Waals surface area (Å²) < 4.78 is 16.5. The molecule has 0 aliphatic carbocycles. The summed E-state index contributed by atoms with van der Waals surface area (Å²) in [6.07, 6.45) is 0. The number of aliphatic hydroxyl groups is 1. The maximum Gasteiger partial charge on any atom is 0.135 e. The van der Waals surface area contributed by atoms with Gasteiger partial charge in [0, 0.05) is 22.7 Å². The minimum atomic E-state index is -0.340. The second kappa shape index (κ2) is 8.41. The molecule has 28 heavy (non-hydrogen) atoms. The number of nitrogens with zero attached hydrogens (tertiary/aromatic N) is 3. The summed E-state index contributed by atoms with van der Waals surface area (Å²) in [5.74, 6) is 0.354. The number of fused-ring (bicyclic) bond motifs is 3. The maximum absolute atomic E-state index is 14.5. The van der Waals surface area contributed by atoms with Crippen molar-refractivity contribution in [3.05, 3.63) is 81.6 Å². The molecule has 0 saturated heterocycles. The van der Waals surface area contributed by atoms with E-state index in [2.05, 4.69) is 15.3 Å². The fourth-order valence-corrected chi connectivity index (χ4v) is 3.60. The molecule has 146 valence electrons. The predicted octanol–water partition coefficient (Wildman–Crippen LogP) is 3.65. The molecular weight excluding hydrogens is 402 g/mol. The third kappa shape index (κ3) is 3.44. The van der Waals surface area contributed by atoms with Gasteiger partial charge in [-0.25, -0.2) is 9.37 Å². The van der Waals surface area contributed by atoms with Crippen LogP contribution in [0.25, 0.3) is 5.69 Å². The van der Waals surface area contributed by atoms with Crippen molar-refractivity contribution in [1.29, 1.82) is 0 Å². The molecule has 3 aromatic rings. The summed E-state index contributed by atoms with van der Waals surface area (Å²) >= 11 is 6.26. The number of nitrogens with one attached hydrogen (secondary N) is 1. The first-order chi connectivity index (χ1) is 13.1. The van der Waals surface area contributed by atoms with E-state index in [9.17, 15) is 9.50 Å². The molecule has 2 N–H and O–H groups in total. The van der Waals surface area contributed by atoms with E-state index in [1.807, 2.05) is 17.7 Å². The third-order valence-electron chi connectivity index (χ3n) is 4.58. The highest BCUT2D eigenvalue weighted by atomic mass is 35.5. The number of imidazole rings is 1. The molecule has 1 aliphatic heterocycles. The molecule has 1 aliphatic rings. The van der Waals surface area contributed by atoms with Crippen LogP contribution in [0.4, 0.5) is 4.39 Å². The Balaban J connectivity index is 0.00000225. The lowest BCUT2D eigenvalue weighted by molar-refractivity contribution is 0.275. The Labute approximate surface area is 173 Å². The highest BCUT2D eigenvalue weighted by Crippen LogP contribution is 2.30. The van der Waals surface area contributed by atoms with Crippen molar-refractivity contribution in [3.63, 3.8) is 0 Å². The van der Waals surface area contributed by atoms with Gasteiger partial charge in [0.1, 0.15) is 11.6 Å². The first kappa shape index (κ1) is 20.5. The van der Waals surface area contributed by atoms with Gasteiger partial charge in [0.2, 0.25) is 0 Å². The fraction of sp³-hybridized carbons (Fsp3) is 0.200. The van der Waals surface area contributed by atoms with Gasteiger partial charge in [0.25, 0.3) is 0 Å². The number of hydrogen-bond donors (Lipinski definition) is 2. The summed E-state index contributed by atoms with van der Waals surface area (Å²) in [4.78, 5) is 9.22. The number of aliphatic imine (C=N–C) groups is 1. The van der Waals surface area contributed by atoms with Crippen LogP contribution in [0.1, 0.15) is 28.3 Å². The molecule has 0 atom stereocenters. The molecule has 0 radical (unpaired) electrons. The number of benzene rings is 2. The van der Waals surface area contributed by atoms with Crippen LogP contribution in [0.2, 0.25) is 5.02 Å². The second-order valence-electron chi connectivity index (χ2n) is 6.25. The lowest BCUT2D eigenvalue weighted by Gasteiger charge is -2.15. The van der Waals surface area contributed by atoms with Crippen LogP contribution in [-0.4, -0.2) is 27.4 Å². The van der Waals surface area contributed by atoms with Crippen LogP contribution in [0.5, 0.6) is 0 Å². The Morgan fingerprint density at radius 2 is 2.00 bits per heavy atom. The lowest BCUT2D eigenvalue weighted by atomic mass is 10.00. The first-order valence-corrected chi connectivity index (χ1v) is 8.96. The molecule has 0 amide bonds.